The number of rotatable bonds is 3. The topological polar surface area (TPSA) is 43.9 Å². The minimum Gasteiger partial charge on any atom is -0.366 e. The Hall–Kier alpha value is -2.11. The molecule has 2 heterocycles. The van der Waals surface area contributed by atoms with E-state index in [1.165, 1.54) is 6.07 Å². The molecule has 2 aliphatic heterocycles. The van der Waals surface area contributed by atoms with Crippen LogP contribution in [0, 0.1) is 11.7 Å². The Morgan fingerprint density at radius 2 is 1.84 bits per heavy atom. The zero-order valence-electron chi connectivity index (χ0n) is 14.8. The SMILES string of the molecule is CN1CCCCC(CC(=O)N2CCN(c3ccccc3F)CC2)C1=O. The average Bonchev–Trinajstić information content (AvgIpc) is 2.78. The van der Waals surface area contributed by atoms with E-state index in [1.807, 2.05) is 22.9 Å². The van der Waals surface area contributed by atoms with Gasteiger partial charge in [-0.05, 0) is 25.0 Å². The number of nitrogens with zero attached hydrogens (tertiary/aromatic N) is 3. The van der Waals surface area contributed by atoms with Crippen LogP contribution in [0.15, 0.2) is 24.3 Å². The number of benzene rings is 1. The lowest BCUT2D eigenvalue weighted by Crippen LogP contribution is -2.49. The quantitative estimate of drug-likeness (QED) is 0.841. The van der Waals surface area contributed by atoms with Crippen LogP contribution < -0.4 is 4.90 Å². The monoisotopic (exact) mass is 347 g/mol. The number of hydrogen-bond acceptors (Lipinski definition) is 3. The maximum absolute atomic E-state index is 13.9. The lowest BCUT2D eigenvalue weighted by atomic mass is 9.97. The number of hydrogen-bond donors (Lipinski definition) is 0. The lowest BCUT2D eigenvalue weighted by Gasteiger charge is -2.36. The fraction of sp³-hybridized carbons (Fsp3) is 0.579. The molecule has 2 aliphatic rings. The summed E-state index contributed by atoms with van der Waals surface area (Å²) in [4.78, 5) is 30.5. The summed E-state index contributed by atoms with van der Waals surface area (Å²) in [5.74, 6) is -0.281. The first-order valence-electron chi connectivity index (χ1n) is 9.08. The van der Waals surface area contributed by atoms with Gasteiger partial charge < -0.3 is 14.7 Å². The van der Waals surface area contributed by atoms with Crippen molar-refractivity contribution < 1.29 is 14.0 Å². The number of carbonyl (C=O) groups excluding carboxylic acids is 2. The molecule has 2 fully saturated rings. The molecular weight excluding hydrogens is 321 g/mol. The van der Waals surface area contributed by atoms with Crippen LogP contribution >= 0.6 is 0 Å². The molecule has 2 saturated heterocycles. The number of halogens is 1. The summed E-state index contributed by atoms with van der Waals surface area (Å²) in [6, 6.07) is 6.73. The van der Waals surface area contributed by atoms with Crippen molar-refractivity contribution in [2.75, 3.05) is 44.7 Å². The Morgan fingerprint density at radius 1 is 1.12 bits per heavy atom. The Morgan fingerprint density at radius 3 is 2.56 bits per heavy atom. The maximum atomic E-state index is 13.9. The number of amides is 2. The summed E-state index contributed by atoms with van der Waals surface area (Å²) in [5.41, 5.74) is 0.593. The van der Waals surface area contributed by atoms with Crippen LogP contribution in [0.5, 0.6) is 0 Å². The summed E-state index contributed by atoms with van der Waals surface area (Å²) in [6.45, 7) is 3.16. The third-order valence-electron chi connectivity index (χ3n) is 5.27. The van der Waals surface area contributed by atoms with E-state index in [2.05, 4.69) is 0 Å². The van der Waals surface area contributed by atoms with Crippen LogP contribution in [0.2, 0.25) is 0 Å². The van der Waals surface area contributed by atoms with Gasteiger partial charge in [-0.25, -0.2) is 4.39 Å². The predicted octanol–water partition coefficient (Wildman–Crippen LogP) is 2.12. The molecule has 0 saturated carbocycles. The first-order valence-corrected chi connectivity index (χ1v) is 9.08. The van der Waals surface area contributed by atoms with Crippen LogP contribution in [0.4, 0.5) is 10.1 Å². The van der Waals surface area contributed by atoms with Crippen LogP contribution in [-0.2, 0) is 9.59 Å². The van der Waals surface area contributed by atoms with Gasteiger partial charge >= 0.3 is 0 Å². The molecule has 0 aliphatic carbocycles. The normalized spacial score (nSPS) is 22.1. The maximum Gasteiger partial charge on any atom is 0.225 e. The molecule has 1 aromatic rings. The third kappa shape index (κ3) is 4.11. The van der Waals surface area contributed by atoms with E-state index in [9.17, 15) is 14.0 Å². The number of piperazine rings is 1. The Balaban J connectivity index is 1.55. The second kappa shape index (κ2) is 7.85. The standard InChI is InChI=1S/C19H26FN3O2/c1-21-9-5-4-6-15(19(21)25)14-18(24)23-12-10-22(11-13-23)17-8-3-2-7-16(17)20/h2-3,7-8,15H,4-6,9-14H2,1H3. The number of anilines is 1. The van der Waals surface area contributed by atoms with Gasteiger partial charge in [0.15, 0.2) is 0 Å². The molecule has 0 aromatic heterocycles. The van der Waals surface area contributed by atoms with Crippen LogP contribution in [0.25, 0.3) is 0 Å². The summed E-state index contributed by atoms with van der Waals surface area (Å²) in [5, 5.41) is 0. The van der Waals surface area contributed by atoms with Crippen molar-refractivity contribution in [3.05, 3.63) is 30.1 Å². The van der Waals surface area contributed by atoms with Gasteiger partial charge in [0.25, 0.3) is 0 Å². The zero-order chi connectivity index (χ0) is 17.8. The Bertz CT molecular complexity index is 629. The number of likely N-dealkylation sites (tertiary alicyclic amines) is 1. The molecule has 1 atom stereocenters. The second-order valence-electron chi connectivity index (χ2n) is 6.98. The summed E-state index contributed by atoms with van der Waals surface area (Å²) in [7, 11) is 1.82. The summed E-state index contributed by atoms with van der Waals surface area (Å²) in [6.07, 6.45) is 3.09. The van der Waals surface area contributed by atoms with E-state index in [0.29, 0.717) is 38.3 Å². The van der Waals surface area contributed by atoms with Gasteiger partial charge in [-0.1, -0.05) is 18.6 Å². The molecule has 25 heavy (non-hydrogen) atoms. The first-order chi connectivity index (χ1) is 12.1. The Labute approximate surface area is 148 Å². The van der Waals surface area contributed by atoms with Crippen molar-refractivity contribution >= 4 is 17.5 Å². The van der Waals surface area contributed by atoms with Crippen LogP contribution in [-0.4, -0.2) is 61.4 Å². The minimum absolute atomic E-state index is 0.0434. The van der Waals surface area contributed by atoms with Gasteiger partial charge in [0.2, 0.25) is 11.8 Å². The van der Waals surface area contributed by atoms with Gasteiger partial charge in [-0.15, -0.1) is 0 Å². The molecule has 0 N–H and O–H groups in total. The fourth-order valence-corrected chi connectivity index (χ4v) is 3.72. The highest BCUT2D eigenvalue weighted by Gasteiger charge is 2.30. The molecule has 1 aromatic carbocycles. The Kier molecular flexibility index (Phi) is 5.56. The molecule has 2 amide bonds. The average molecular weight is 347 g/mol. The molecule has 6 heteroatoms. The first kappa shape index (κ1) is 17.7. The predicted molar refractivity (Wildman–Crippen MR) is 94.8 cm³/mol. The van der Waals surface area contributed by atoms with E-state index in [-0.39, 0.29) is 23.5 Å². The van der Waals surface area contributed by atoms with E-state index >= 15 is 0 Å². The van der Waals surface area contributed by atoms with Crippen molar-refractivity contribution in [1.29, 1.82) is 0 Å². The van der Waals surface area contributed by atoms with Crippen LogP contribution in [0.1, 0.15) is 25.7 Å². The highest BCUT2D eigenvalue weighted by Crippen LogP contribution is 2.23. The molecule has 136 valence electrons. The van der Waals surface area contributed by atoms with Gasteiger partial charge in [0.05, 0.1) is 5.69 Å². The van der Waals surface area contributed by atoms with E-state index in [4.69, 9.17) is 0 Å². The van der Waals surface area contributed by atoms with E-state index in [0.717, 1.165) is 25.8 Å². The fourth-order valence-electron chi connectivity index (χ4n) is 3.72. The molecule has 1 unspecified atom stereocenters. The molecular formula is C19H26FN3O2. The number of para-hydroxylation sites is 1. The molecule has 0 spiro atoms. The van der Waals surface area contributed by atoms with Gasteiger partial charge in [0.1, 0.15) is 5.82 Å². The van der Waals surface area contributed by atoms with Crippen molar-refractivity contribution in [2.24, 2.45) is 5.92 Å². The van der Waals surface area contributed by atoms with E-state index in [1.54, 1.807) is 17.0 Å². The molecule has 0 bridgehead atoms. The van der Waals surface area contributed by atoms with Gasteiger partial charge in [-0.3, -0.25) is 9.59 Å². The summed E-state index contributed by atoms with van der Waals surface area (Å²) < 4.78 is 13.9. The zero-order valence-corrected chi connectivity index (χ0v) is 14.8. The van der Waals surface area contributed by atoms with Crippen molar-refractivity contribution in [3.63, 3.8) is 0 Å². The van der Waals surface area contributed by atoms with E-state index < -0.39 is 0 Å². The molecule has 0 radical (unpaired) electrons. The lowest BCUT2D eigenvalue weighted by molar-refractivity contribution is -0.140. The highest BCUT2D eigenvalue weighted by molar-refractivity contribution is 5.86. The van der Waals surface area contributed by atoms with Crippen molar-refractivity contribution in [2.45, 2.75) is 25.7 Å². The number of carbonyl (C=O) groups is 2. The molecule has 3 rings (SSSR count). The van der Waals surface area contributed by atoms with Crippen molar-refractivity contribution in [3.8, 4) is 0 Å². The second-order valence-corrected chi connectivity index (χ2v) is 6.98. The summed E-state index contributed by atoms with van der Waals surface area (Å²) >= 11 is 0. The van der Waals surface area contributed by atoms with Crippen LogP contribution in [0.3, 0.4) is 0 Å². The van der Waals surface area contributed by atoms with Crippen molar-refractivity contribution in [1.82, 2.24) is 9.80 Å². The van der Waals surface area contributed by atoms with Gasteiger partial charge in [0, 0.05) is 52.1 Å². The third-order valence-corrected chi connectivity index (χ3v) is 5.27. The highest BCUT2D eigenvalue weighted by atomic mass is 19.1. The smallest absolute Gasteiger partial charge is 0.225 e. The van der Waals surface area contributed by atoms with Gasteiger partial charge in [-0.2, -0.15) is 0 Å². The molecule has 5 nitrogen and oxygen atoms in total. The largest absolute Gasteiger partial charge is 0.366 e. The minimum atomic E-state index is -0.227.